The third-order valence-corrected chi connectivity index (χ3v) is 2.42. The van der Waals surface area contributed by atoms with Crippen LogP contribution < -0.4 is 0 Å². The van der Waals surface area contributed by atoms with E-state index in [9.17, 15) is 8.42 Å². The molecule has 0 aromatic carbocycles. The molecule has 0 amide bonds. The van der Waals surface area contributed by atoms with Gasteiger partial charge in [0.25, 0.3) is 10.1 Å². The molecule has 0 aliphatic carbocycles. The minimum Gasteiger partial charge on any atom is -0.377 e. The second kappa shape index (κ2) is 13.3. The molecular weight excluding hydrogens is 288 g/mol. The quantitative estimate of drug-likeness (QED) is 0.247. The molecule has 0 heterocycles. The van der Waals surface area contributed by atoms with Crippen LogP contribution in [0.25, 0.3) is 0 Å². The SMILES string of the molecule is C#CCOCCOCCOCCOCCOS(C)(=O)=O. The molecule has 0 atom stereocenters. The van der Waals surface area contributed by atoms with Crippen LogP contribution in [-0.4, -0.2) is 74.1 Å². The topological polar surface area (TPSA) is 80.3 Å². The van der Waals surface area contributed by atoms with Crippen LogP contribution in [0.4, 0.5) is 0 Å². The van der Waals surface area contributed by atoms with Crippen molar-refractivity contribution in [1.82, 2.24) is 0 Å². The van der Waals surface area contributed by atoms with Crippen molar-refractivity contribution < 1.29 is 31.5 Å². The summed E-state index contributed by atoms with van der Waals surface area (Å²) in [6.07, 6.45) is 6.00. The van der Waals surface area contributed by atoms with Crippen LogP contribution in [0.15, 0.2) is 0 Å². The Labute approximate surface area is 120 Å². The van der Waals surface area contributed by atoms with E-state index in [1.165, 1.54) is 0 Å². The van der Waals surface area contributed by atoms with Crippen LogP contribution in [0, 0.1) is 12.3 Å². The number of terminal acetylenes is 1. The first kappa shape index (κ1) is 19.3. The lowest BCUT2D eigenvalue weighted by atomic mass is 10.7. The van der Waals surface area contributed by atoms with Crippen LogP contribution in [0.1, 0.15) is 0 Å². The molecule has 8 heteroatoms. The molecule has 0 saturated heterocycles. The second-order valence-electron chi connectivity index (χ2n) is 3.62. The van der Waals surface area contributed by atoms with Crippen molar-refractivity contribution in [1.29, 1.82) is 0 Å². The Bertz CT molecular complexity index is 347. The second-order valence-corrected chi connectivity index (χ2v) is 5.26. The third kappa shape index (κ3) is 17.3. The van der Waals surface area contributed by atoms with E-state index in [0.29, 0.717) is 46.2 Å². The van der Waals surface area contributed by atoms with Crippen molar-refractivity contribution >= 4 is 10.1 Å². The summed E-state index contributed by atoms with van der Waals surface area (Å²) < 4.78 is 46.3. The van der Waals surface area contributed by atoms with Gasteiger partial charge >= 0.3 is 0 Å². The molecule has 0 rings (SSSR count). The molecular formula is C12H22O7S. The van der Waals surface area contributed by atoms with Gasteiger partial charge in [-0.15, -0.1) is 6.42 Å². The molecule has 0 fully saturated rings. The van der Waals surface area contributed by atoms with E-state index < -0.39 is 10.1 Å². The summed E-state index contributed by atoms with van der Waals surface area (Å²) >= 11 is 0. The number of hydrogen-bond donors (Lipinski definition) is 0. The molecule has 0 N–H and O–H groups in total. The maximum atomic E-state index is 10.6. The van der Waals surface area contributed by atoms with Gasteiger partial charge < -0.3 is 18.9 Å². The number of rotatable bonds is 14. The average molecular weight is 310 g/mol. The van der Waals surface area contributed by atoms with Gasteiger partial charge in [-0.3, -0.25) is 4.18 Å². The van der Waals surface area contributed by atoms with E-state index in [-0.39, 0.29) is 13.2 Å². The highest BCUT2D eigenvalue weighted by molar-refractivity contribution is 7.85. The predicted octanol–water partition coefficient (Wildman–Crippen LogP) is -0.338. The summed E-state index contributed by atoms with van der Waals surface area (Å²) in [5.41, 5.74) is 0. The zero-order valence-electron chi connectivity index (χ0n) is 11.7. The minimum absolute atomic E-state index is 0.0135. The first-order chi connectivity index (χ1) is 9.56. The predicted molar refractivity (Wildman–Crippen MR) is 72.9 cm³/mol. The lowest BCUT2D eigenvalue weighted by Crippen LogP contribution is -2.14. The zero-order valence-corrected chi connectivity index (χ0v) is 12.5. The molecule has 7 nitrogen and oxygen atoms in total. The van der Waals surface area contributed by atoms with E-state index in [1.807, 2.05) is 0 Å². The van der Waals surface area contributed by atoms with Crippen molar-refractivity contribution in [2.75, 3.05) is 65.7 Å². The van der Waals surface area contributed by atoms with Crippen molar-refractivity contribution in [3.8, 4) is 12.3 Å². The Morgan fingerprint density at radius 1 is 0.800 bits per heavy atom. The zero-order chi connectivity index (χ0) is 15.1. The van der Waals surface area contributed by atoms with Crippen molar-refractivity contribution in [2.45, 2.75) is 0 Å². The van der Waals surface area contributed by atoms with Crippen molar-refractivity contribution in [3.05, 3.63) is 0 Å². The van der Waals surface area contributed by atoms with Gasteiger partial charge in [-0.25, -0.2) is 0 Å². The Kier molecular flexibility index (Phi) is 12.8. The van der Waals surface area contributed by atoms with E-state index in [4.69, 9.17) is 25.4 Å². The van der Waals surface area contributed by atoms with Crippen LogP contribution in [-0.2, 0) is 33.2 Å². The third-order valence-electron chi connectivity index (χ3n) is 1.83. The highest BCUT2D eigenvalue weighted by Crippen LogP contribution is 1.87. The van der Waals surface area contributed by atoms with Gasteiger partial charge in [0.05, 0.1) is 59.1 Å². The lowest BCUT2D eigenvalue weighted by molar-refractivity contribution is -0.00162. The highest BCUT2D eigenvalue weighted by atomic mass is 32.2. The van der Waals surface area contributed by atoms with Gasteiger partial charge in [0.15, 0.2) is 0 Å². The van der Waals surface area contributed by atoms with Crippen LogP contribution in [0.3, 0.4) is 0 Å². The van der Waals surface area contributed by atoms with E-state index in [0.717, 1.165) is 6.26 Å². The van der Waals surface area contributed by atoms with Crippen LogP contribution in [0.5, 0.6) is 0 Å². The molecule has 0 aromatic heterocycles. The Balaban J connectivity index is 3.05. The summed E-state index contributed by atoms with van der Waals surface area (Å²) in [6.45, 7) is 3.17. The Morgan fingerprint density at radius 3 is 1.60 bits per heavy atom. The molecule has 0 radical (unpaired) electrons. The molecule has 0 aliphatic heterocycles. The summed E-state index contributed by atoms with van der Waals surface area (Å²) in [4.78, 5) is 0. The van der Waals surface area contributed by atoms with Gasteiger partial charge in [0.2, 0.25) is 0 Å². The van der Waals surface area contributed by atoms with Gasteiger partial charge in [0.1, 0.15) is 6.61 Å². The van der Waals surface area contributed by atoms with Crippen molar-refractivity contribution in [2.24, 2.45) is 0 Å². The average Bonchev–Trinajstić information content (AvgIpc) is 2.38. The molecule has 0 saturated carbocycles. The fourth-order valence-electron chi connectivity index (χ4n) is 1.04. The van der Waals surface area contributed by atoms with Crippen LogP contribution >= 0.6 is 0 Å². The monoisotopic (exact) mass is 310 g/mol. The van der Waals surface area contributed by atoms with E-state index in [2.05, 4.69) is 10.1 Å². The largest absolute Gasteiger partial charge is 0.377 e. The minimum atomic E-state index is -3.39. The molecule has 0 spiro atoms. The summed E-state index contributed by atoms with van der Waals surface area (Å²) in [5, 5.41) is 0. The van der Waals surface area contributed by atoms with E-state index in [1.54, 1.807) is 0 Å². The molecule has 0 unspecified atom stereocenters. The number of hydrogen-bond acceptors (Lipinski definition) is 7. The first-order valence-electron chi connectivity index (χ1n) is 6.15. The van der Waals surface area contributed by atoms with E-state index >= 15 is 0 Å². The lowest BCUT2D eigenvalue weighted by Gasteiger charge is -2.06. The van der Waals surface area contributed by atoms with Gasteiger partial charge in [-0.2, -0.15) is 8.42 Å². The smallest absolute Gasteiger partial charge is 0.264 e. The molecule has 0 bridgehead atoms. The van der Waals surface area contributed by atoms with Gasteiger partial charge in [-0.1, -0.05) is 5.92 Å². The normalized spacial score (nSPS) is 11.4. The summed E-state index contributed by atoms with van der Waals surface area (Å²) in [7, 11) is -3.39. The number of ether oxygens (including phenoxy) is 4. The fourth-order valence-corrected chi connectivity index (χ4v) is 1.41. The molecule has 118 valence electrons. The Morgan fingerprint density at radius 2 is 1.20 bits per heavy atom. The summed E-state index contributed by atoms with van der Waals surface area (Å²) in [6, 6.07) is 0. The highest BCUT2D eigenvalue weighted by Gasteiger charge is 2.00. The maximum absolute atomic E-state index is 10.6. The van der Waals surface area contributed by atoms with Crippen LogP contribution in [0.2, 0.25) is 0 Å². The van der Waals surface area contributed by atoms with Crippen molar-refractivity contribution in [3.63, 3.8) is 0 Å². The molecule has 20 heavy (non-hydrogen) atoms. The molecule has 0 aliphatic rings. The van der Waals surface area contributed by atoms with Gasteiger partial charge in [0, 0.05) is 0 Å². The van der Waals surface area contributed by atoms with Gasteiger partial charge in [-0.05, 0) is 0 Å². The standard InChI is InChI=1S/C12H22O7S/c1-3-4-15-5-6-16-7-8-17-9-10-18-11-12-19-20(2,13)14/h1H,4-12H2,2H3. The maximum Gasteiger partial charge on any atom is 0.264 e. The Hall–Kier alpha value is -0.690. The summed E-state index contributed by atoms with van der Waals surface area (Å²) in [5.74, 6) is 2.36. The fraction of sp³-hybridized carbons (Fsp3) is 0.833. The first-order valence-corrected chi connectivity index (χ1v) is 7.97. The molecule has 0 aromatic rings.